The Morgan fingerprint density at radius 2 is 1.92 bits per heavy atom. The summed E-state index contributed by atoms with van der Waals surface area (Å²) >= 11 is 0. The second-order valence-corrected chi connectivity index (χ2v) is 5.12. The van der Waals surface area contributed by atoms with Gasteiger partial charge in [0.05, 0.1) is 22.5 Å². The lowest BCUT2D eigenvalue weighted by atomic mass is 10.1. The summed E-state index contributed by atoms with van der Waals surface area (Å²) in [5.41, 5.74) is 4.90. The number of nitrogens with two attached hydrogens (primary N) is 1. The molecule has 2 aromatic rings. The Morgan fingerprint density at radius 1 is 1.21 bits per heavy atom. The third-order valence-electron chi connectivity index (χ3n) is 3.47. The molecule has 3 amide bonds. The normalized spacial score (nSPS) is 12.8. The van der Waals surface area contributed by atoms with Gasteiger partial charge >= 0.3 is 0 Å². The summed E-state index contributed by atoms with van der Waals surface area (Å²) in [4.78, 5) is 46.6. The number of hydrogen-bond acceptors (Lipinski definition) is 5. The van der Waals surface area contributed by atoms with Crippen LogP contribution in [0.5, 0.6) is 0 Å². The van der Waals surface area contributed by atoms with Crippen molar-refractivity contribution in [3.8, 4) is 5.69 Å². The Balaban J connectivity index is 2.18. The van der Waals surface area contributed by atoms with Crippen LogP contribution in [-0.4, -0.2) is 22.3 Å². The highest BCUT2D eigenvalue weighted by Gasteiger charge is 2.31. The topological polar surface area (TPSA) is 123 Å². The van der Waals surface area contributed by atoms with Crippen molar-refractivity contribution in [2.24, 2.45) is 0 Å². The summed E-state index contributed by atoms with van der Waals surface area (Å²) in [7, 11) is 0. The molecule has 2 heterocycles. The minimum Gasteiger partial charge on any atom is -0.384 e. The first-order valence-corrected chi connectivity index (χ1v) is 6.78. The van der Waals surface area contributed by atoms with E-state index in [0.717, 1.165) is 16.7 Å². The summed E-state index contributed by atoms with van der Waals surface area (Å²) in [5, 5.41) is 4.33. The number of aromatic nitrogens is 1. The van der Waals surface area contributed by atoms with Crippen LogP contribution >= 0.6 is 0 Å². The summed E-state index contributed by atoms with van der Waals surface area (Å²) in [6, 6.07) is 4.57. The zero-order valence-corrected chi connectivity index (χ0v) is 12.3. The van der Waals surface area contributed by atoms with Gasteiger partial charge in [-0.25, -0.2) is 4.39 Å². The lowest BCUT2D eigenvalue weighted by molar-refractivity contribution is -0.114. The molecule has 9 heteroatoms. The van der Waals surface area contributed by atoms with Crippen LogP contribution in [0.15, 0.2) is 29.1 Å². The Bertz CT molecular complexity index is 980. The molecule has 1 aromatic heterocycles. The first-order valence-electron chi connectivity index (χ1n) is 6.78. The zero-order valence-electron chi connectivity index (χ0n) is 12.3. The second-order valence-electron chi connectivity index (χ2n) is 5.12. The lowest BCUT2D eigenvalue weighted by Crippen LogP contribution is -2.24. The molecule has 1 aliphatic rings. The number of anilines is 2. The van der Waals surface area contributed by atoms with Crippen molar-refractivity contribution in [3.05, 3.63) is 51.6 Å². The van der Waals surface area contributed by atoms with E-state index < -0.39 is 29.1 Å². The monoisotopic (exact) mass is 330 g/mol. The van der Waals surface area contributed by atoms with Crippen molar-refractivity contribution in [1.29, 1.82) is 0 Å². The SMILES string of the molecule is CC(=O)Nc1ccc(-n2c(N)c3c(cc2=O)C(=O)NC3=O)cc1F. The van der Waals surface area contributed by atoms with E-state index in [9.17, 15) is 23.6 Å². The van der Waals surface area contributed by atoms with Crippen LogP contribution in [0.3, 0.4) is 0 Å². The Labute approximate surface area is 134 Å². The maximum atomic E-state index is 14.1. The molecule has 0 fully saturated rings. The number of carbonyl (C=O) groups excluding carboxylic acids is 3. The van der Waals surface area contributed by atoms with Gasteiger partial charge in [-0.05, 0) is 12.1 Å². The molecule has 0 radical (unpaired) electrons. The van der Waals surface area contributed by atoms with E-state index in [1.807, 2.05) is 5.32 Å². The van der Waals surface area contributed by atoms with Crippen LogP contribution in [0.1, 0.15) is 27.6 Å². The maximum Gasteiger partial charge on any atom is 0.262 e. The number of hydrogen-bond donors (Lipinski definition) is 3. The average Bonchev–Trinajstić information content (AvgIpc) is 2.76. The molecule has 24 heavy (non-hydrogen) atoms. The van der Waals surface area contributed by atoms with Crippen LogP contribution in [0.4, 0.5) is 15.9 Å². The van der Waals surface area contributed by atoms with Gasteiger partial charge in [0, 0.05) is 19.1 Å². The van der Waals surface area contributed by atoms with Gasteiger partial charge in [0.1, 0.15) is 11.6 Å². The van der Waals surface area contributed by atoms with Gasteiger partial charge in [-0.1, -0.05) is 0 Å². The number of benzene rings is 1. The number of nitrogens with zero attached hydrogens (tertiary/aromatic N) is 1. The van der Waals surface area contributed by atoms with Gasteiger partial charge in [-0.2, -0.15) is 0 Å². The molecule has 3 rings (SSSR count). The highest BCUT2D eigenvalue weighted by molar-refractivity contribution is 6.23. The smallest absolute Gasteiger partial charge is 0.262 e. The third kappa shape index (κ3) is 2.32. The maximum absolute atomic E-state index is 14.1. The highest BCUT2D eigenvalue weighted by atomic mass is 19.1. The minimum absolute atomic E-state index is 0.0547. The predicted molar refractivity (Wildman–Crippen MR) is 82.5 cm³/mol. The first-order chi connectivity index (χ1) is 11.3. The van der Waals surface area contributed by atoms with Gasteiger partial charge in [0.2, 0.25) is 5.91 Å². The molecular weight excluding hydrogens is 319 g/mol. The standard InChI is InChI=1S/C15H11FN4O4/c1-6(21)18-10-3-2-7(4-9(10)16)20-11(22)5-8-12(13(20)17)15(24)19-14(8)23/h2-5H,17H2,1H3,(H,18,21)(H,19,23,24). The van der Waals surface area contributed by atoms with Crippen molar-refractivity contribution in [1.82, 2.24) is 9.88 Å². The molecular formula is C15H11FN4O4. The number of imide groups is 1. The minimum atomic E-state index is -0.782. The highest BCUT2D eigenvalue weighted by Crippen LogP contribution is 2.24. The van der Waals surface area contributed by atoms with Crippen LogP contribution in [0, 0.1) is 5.82 Å². The van der Waals surface area contributed by atoms with E-state index in [4.69, 9.17) is 5.73 Å². The van der Waals surface area contributed by atoms with Crippen molar-refractivity contribution >= 4 is 29.2 Å². The number of carbonyl (C=O) groups is 3. The number of nitrogen functional groups attached to an aromatic ring is 1. The number of fused-ring (bicyclic) bond motifs is 1. The molecule has 1 aliphatic heterocycles. The Kier molecular flexibility index (Phi) is 3.40. The largest absolute Gasteiger partial charge is 0.384 e. The van der Waals surface area contributed by atoms with E-state index in [0.29, 0.717) is 0 Å². The van der Waals surface area contributed by atoms with Crippen molar-refractivity contribution < 1.29 is 18.8 Å². The van der Waals surface area contributed by atoms with Gasteiger partial charge in [-0.3, -0.25) is 29.1 Å². The fourth-order valence-electron chi connectivity index (χ4n) is 2.48. The predicted octanol–water partition coefficient (Wildman–Crippen LogP) is 0.401. The molecule has 0 aliphatic carbocycles. The molecule has 0 bridgehead atoms. The summed E-state index contributed by atoms with van der Waals surface area (Å²) in [6.07, 6.45) is 0. The van der Waals surface area contributed by atoms with Gasteiger partial charge in [0.15, 0.2) is 0 Å². The molecule has 1 aromatic carbocycles. The first kappa shape index (κ1) is 15.4. The van der Waals surface area contributed by atoms with Gasteiger partial charge < -0.3 is 11.1 Å². The second kappa shape index (κ2) is 5.30. The van der Waals surface area contributed by atoms with E-state index in [1.165, 1.54) is 19.1 Å². The number of nitrogens with one attached hydrogen (secondary N) is 2. The molecule has 0 atom stereocenters. The average molecular weight is 330 g/mol. The van der Waals surface area contributed by atoms with Crippen LogP contribution < -0.4 is 21.9 Å². The summed E-state index contributed by atoms with van der Waals surface area (Å²) in [5.74, 6) is -2.94. The van der Waals surface area contributed by atoms with Crippen LogP contribution in [0.25, 0.3) is 5.69 Å². The van der Waals surface area contributed by atoms with Crippen molar-refractivity contribution in [3.63, 3.8) is 0 Å². The Hall–Kier alpha value is -3.49. The fraction of sp³-hybridized carbons (Fsp3) is 0.0667. The number of pyridine rings is 1. The van der Waals surface area contributed by atoms with E-state index >= 15 is 0 Å². The lowest BCUT2D eigenvalue weighted by Gasteiger charge is -2.13. The van der Waals surface area contributed by atoms with Crippen LogP contribution in [-0.2, 0) is 4.79 Å². The molecule has 0 unspecified atom stereocenters. The quantitative estimate of drug-likeness (QED) is 0.688. The van der Waals surface area contributed by atoms with Gasteiger partial charge in [-0.15, -0.1) is 0 Å². The fourth-order valence-corrected chi connectivity index (χ4v) is 2.48. The summed E-state index contributed by atoms with van der Waals surface area (Å²) in [6.45, 7) is 1.23. The molecule has 122 valence electrons. The molecule has 0 spiro atoms. The molecule has 0 saturated carbocycles. The van der Waals surface area contributed by atoms with Crippen LogP contribution in [0.2, 0.25) is 0 Å². The van der Waals surface area contributed by atoms with Gasteiger partial charge in [0.25, 0.3) is 17.4 Å². The summed E-state index contributed by atoms with van der Waals surface area (Å²) < 4.78 is 15.0. The molecule has 0 saturated heterocycles. The Morgan fingerprint density at radius 3 is 2.54 bits per heavy atom. The van der Waals surface area contributed by atoms with E-state index in [2.05, 4.69) is 5.32 Å². The zero-order chi connectivity index (χ0) is 17.6. The molecule has 8 nitrogen and oxygen atoms in total. The molecule has 4 N–H and O–H groups in total. The number of rotatable bonds is 2. The number of amides is 3. The van der Waals surface area contributed by atoms with Crippen molar-refractivity contribution in [2.75, 3.05) is 11.1 Å². The number of halogens is 1. The van der Waals surface area contributed by atoms with E-state index in [-0.39, 0.29) is 28.3 Å². The third-order valence-corrected chi connectivity index (χ3v) is 3.47. The van der Waals surface area contributed by atoms with Crippen molar-refractivity contribution in [2.45, 2.75) is 6.92 Å². The van der Waals surface area contributed by atoms with E-state index in [1.54, 1.807) is 0 Å².